The van der Waals surface area contributed by atoms with Gasteiger partial charge in [0.1, 0.15) is 28.3 Å². The second-order valence-electron chi connectivity index (χ2n) is 5.61. The molecule has 130 valence electrons. The van der Waals surface area contributed by atoms with E-state index >= 15 is 0 Å². The zero-order valence-electron chi connectivity index (χ0n) is 14.1. The first-order valence-electron chi connectivity index (χ1n) is 7.84. The highest BCUT2D eigenvalue weighted by Gasteiger charge is 2.17. The van der Waals surface area contributed by atoms with Gasteiger partial charge in [0.05, 0.1) is 25.3 Å². The number of aromatic nitrogens is 2. The molecule has 0 atom stereocenters. The van der Waals surface area contributed by atoms with Crippen LogP contribution in [0.5, 0.6) is 11.5 Å². The maximum atomic E-state index is 12.3. The Morgan fingerprint density at radius 2 is 1.85 bits per heavy atom. The number of nitrogens with zero attached hydrogens (tertiary/aromatic N) is 2. The van der Waals surface area contributed by atoms with Gasteiger partial charge in [-0.3, -0.25) is 0 Å². The number of hydrogen-bond donors (Lipinski definition) is 1. The van der Waals surface area contributed by atoms with E-state index in [1.54, 1.807) is 44.6 Å². The average Bonchev–Trinajstić information content (AvgIpc) is 2.67. The minimum atomic E-state index is -0.569. The van der Waals surface area contributed by atoms with Gasteiger partial charge < -0.3 is 19.6 Å². The van der Waals surface area contributed by atoms with E-state index in [4.69, 9.17) is 19.6 Å². The topological polar surface area (TPSA) is 100 Å². The zero-order valence-corrected chi connectivity index (χ0v) is 14.1. The number of fused-ring (bicyclic) bond motifs is 3. The Morgan fingerprint density at radius 1 is 1.04 bits per heavy atom. The van der Waals surface area contributed by atoms with E-state index in [0.717, 1.165) is 0 Å². The number of nitrogens with two attached hydrogens (primary N) is 1. The van der Waals surface area contributed by atoms with Gasteiger partial charge in [-0.05, 0) is 30.3 Å². The number of hydrogen-bond acceptors (Lipinski definition) is 7. The van der Waals surface area contributed by atoms with Crippen molar-refractivity contribution in [2.75, 3.05) is 20.0 Å². The number of ether oxygens (including phenoxy) is 2. The fourth-order valence-electron chi connectivity index (χ4n) is 2.89. The molecule has 4 aromatic rings. The van der Waals surface area contributed by atoms with Gasteiger partial charge in [-0.1, -0.05) is 12.1 Å². The van der Waals surface area contributed by atoms with E-state index in [1.807, 2.05) is 12.1 Å². The standard InChI is InChI=1S/C19H15N3O4/c1-24-10-7-8-13(25-2)12(9-10)18-21-16-11-5-3-4-6-14(11)26-19(23)15(16)17(20)22-18/h3-9H,1-2H3,(H2,20,21,22). The average molecular weight is 349 g/mol. The molecule has 0 aliphatic heterocycles. The molecule has 0 radical (unpaired) electrons. The molecule has 0 saturated heterocycles. The van der Waals surface area contributed by atoms with Gasteiger partial charge in [0, 0.05) is 5.39 Å². The van der Waals surface area contributed by atoms with Crippen LogP contribution in [0.3, 0.4) is 0 Å². The van der Waals surface area contributed by atoms with Crippen molar-refractivity contribution in [2.24, 2.45) is 0 Å². The molecular weight excluding hydrogens is 334 g/mol. The Labute approximate surface area is 148 Å². The lowest BCUT2D eigenvalue weighted by Crippen LogP contribution is -2.08. The smallest absolute Gasteiger partial charge is 0.349 e. The van der Waals surface area contributed by atoms with Crippen molar-refractivity contribution < 1.29 is 13.9 Å². The molecule has 0 fully saturated rings. The van der Waals surface area contributed by atoms with Crippen LogP contribution in [-0.2, 0) is 0 Å². The lowest BCUT2D eigenvalue weighted by Gasteiger charge is -2.11. The van der Waals surface area contributed by atoms with Crippen LogP contribution in [0, 0.1) is 0 Å². The number of nitrogen functional groups attached to an aromatic ring is 1. The molecule has 0 saturated carbocycles. The summed E-state index contributed by atoms with van der Waals surface area (Å²) in [6.07, 6.45) is 0. The van der Waals surface area contributed by atoms with E-state index in [2.05, 4.69) is 9.97 Å². The maximum Gasteiger partial charge on any atom is 0.349 e. The largest absolute Gasteiger partial charge is 0.497 e. The summed E-state index contributed by atoms with van der Waals surface area (Å²) in [5, 5.41) is 0.841. The monoisotopic (exact) mass is 349 g/mol. The quantitative estimate of drug-likeness (QED) is 0.448. The second-order valence-corrected chi connectivity index (χ2v) is 5.61. The lowest BCUT2D eigenvalue weighted by molar-refractivity contribution is 0.404. The fraction of sp³-hybridized carbons (Fsp3) is 0.105. The summed E-state index contributed by atoms with van der Waals surface area (Å²) in [6.45, 7) is 0. The summed E-state index contributed by atoms with van der Waals surface area (Å²) < 4.78 is 16.0. The van der Waals surface area contributed by atoms with Crippen LogP contribution in [-0.4, -0.2) is 24.2 Å². The van der Waals surface area contributed by atoms with Gasteiger partial charge in [0.25, 0.3) is 0 Å². The molecule has 4 rings (SSSR count). The van der Waals surface area contributed by atoms with Gasteiger partial charge in [-0.2, -0.15) is 0 Å². The third kappa shape index (κ3) is 2.41. The predicted molar refractivity (Wildman–Crippen MR) is 98.5 cm³/mol. The number of methoxy groups -OCH3 is 2. The van der Waals surface area contributed by atoms with Crippen LogP contribution in [0.4, 0.5) is 5.82 Å². The number of anilines is 1. The number of benzene rings is 2. The summed E-state index contributed by atoms with van der Waals surface area (Å²) in [5.74, 6) is 1.58. The van der Waals surface area contributed by atoms with E-state index in [9.17, 15) is 4.79 Å². The molecule has 0 aliphatic rings. The third-order valence-electron chi connectivity index (χ3n) is 4.13. The van der Waals surface area contributed by atoms with Gasteiger partial charge in [0.2, 0.25) is 0 Å². The Hall–Kier alpha value is -3.61. The van der Waals surface area contributed by atoms with Crippen molar-refractivity contribution >= 4 is 27.7 Å². The summed E-state index contributed by atoms with van der Waals surface area (Å²) in [4.78, 5) is 21.2. The van der Waals surface area contributed by atoms with Crippen molar-refractivity contribution in [1.29, 1.82) is 0 Å². The van der Waals surface area contributed by atoms with Crippen molar-refractivity contribution in [1.82, 2.24) is 9.97 Å². The predicted octanol–water partition coefficient (Wildman–Crippen LogP) is 3.00. The molecule has 0 bridgehead atoms. The Morgan fingerprint density at radius 3 is 2.62 bits per heavy atom. The van der Waals surface area contributed by atoms with Gasteiger partial charge in [0.15, 0.2) is 5.82 Å². The minimum Gasteiger partial charge on any atom is -0.497 e. The Balaban J connectivity index is 2.10. The first-order valence-corrected chi connectivity index (χ1v) is 7.84. The molecule has 0 amide bonds. The summed E-state index contributed by atoms with van der Waals surface area (Å²) in [5.41, 5.74) is 6.98. The van der Waals surface area contributed by atoms with E-state index in [1.165, 1.54) is 0 Å². The molecule has 0 unspecified atom stereocenters. The van der Waals surface area contributed by atoms with Gasteiger partial charge in [-0.15, -0.1) is 0 Å². The van der Waals surface area contributed by atoms with Crippen molar-refractivity contribution in [2.45, 2.75) is 0 Å². The minimum absolute atomic E-state index is 0.0503. The van der Waals surface area contributed by atoms with Crippen LogP contribution < -0.4 is 20.8 Å². The second kappa shape index (κ2) is 6.03. The third-order valence-corrected chi connectivity index (χ3v) is 4.13. The molecule has 0 aliphatic carbocycles. The van der Waals surface area contributed by atoms with E-state index in [0.29, 0.717) is 39.4 Å². The highest BCUT2D eigenvalue weighted by Crippen LogP contribution is 2.33. The number of rotatable bonds is 3. The molecular formula is C19H15N3O4. The van der Waals surface area contributed by atoms with Crippen molar-refractivity contribution in [3.63, 3.8) is 0 Å². The van der Waals surface area contributed by atoms with E-state index < -0.39 is 5.63 Å². The van der Waals surface area contributed by atoms with Crippen LogP contribution >= 0.6 is 0 Å². The van der Waals surface area contributed by atoms with Crippen LogP contribution in [0.2, 0.25) is 0 Å². The molecule has 26 heavy (non-hydrogen) atoms. The first kappa shape index (κ1) is 15.9. The highest BCUT2D eigenvalue weighted by atomic mass is 16.5. The summed E-state index contributed by atoms with van der Waals surface area (Å²) in [7, 11) is 3.12. The van der Waals surface area contributed by atoms with Crippen LogP contribution in [0.1, 0.15) is 0 Å². The molecule has 2 heterocycles. The van der Waals surface area contributed by atoms with Crippen molar-refractivity contribution in [3.05, 3.63) is 52.9 Å². The molecule has 2 aromatic heterocycles. The maximum absolute atomic E-state index is 12.3. The lowest BCUT2D eigenvalue weighted by atomic mass is 10.1. The number of para-hydroxylation sites is 1. The van der Waals surface area contributed by atoms with Gasteiger partial charge in [-0.25, -0.2) is 14.8 Å². The SMILES string of the molecule is COc1ccc(OC)c(-c2nc(N)c3c(=O)oc4ccccc4c3n2)c1. The Kier molecular flexibility index (Phi) is 3.69. The molecule has 7 heteroatoms. The normalized spacial score (nSPS) is 11.0. The highest BCUT2D eigenvalue weighted by molar-refractivity contribution is 6.05. The first-order chi connectivity index (χ1) is 12.6. The zero-order chi connectivity index (χ0) is 18.3. The molecule has 2 N–H and O–H groups in total. The van der Waals surface area contributed by atoms with Crippen LogP contribution in [0.25, 0.3) is 33.3 Å². The fourth-order valence-corrected chi connectivity index (χ4v) is 2.89. The molecule has 0 spiro atoms. The van der Waals surface area contributed by atoms with Crippen LogP contribution in [0.15, 0.2) is 51.7 Å². The summed E-state index contributed by atoms with van der Waals surface area (Å²) >= 11 is 0. The van der Waals surface area contributed by atoms with E-state index in [-0.39, 0.29) is 11.2 Å². The summed E-state index contributed by atoms with van der Waals surface area (Å²) in [6, 6.07) is 12.4. The molecule has 7 nitrogen and oxygen atoms in total. The van der Waals surface area contributed by atoms with Gasteiger partial charge >= 0.3 is 5.63 Å². The Bertz CT molecular complexity index is 1200. The molecule has 2 aromatic carbocycles. The van der Waals surface area contributed by atoms with Crippen molar-refractivity contribution in [3.8, 4) is 22.9 Å².